The Kier molecular flexibility index (Phi) is 6.09. The summed E-state index contributed by atoms with van der Waals surface area (Å²) in [6.45, 7) is 6.35. The lowest BCUT2D eigenvalue weighted by atomic mass is 10.1. The van der Waals surface area contributed by atoms with E-state index in [-0.39, 0.29) is 34.7 Å². The van der Waals surface area contributed by atoms with Gasteiger partial charge in [0.1, 0.15) is 0 Å². The van der Waals surface area contributed by atoms with Crippen LogP contribution in [0, 0.1) is 0 Å². The predicted octanol–water partition coefficient (Wildman–Crippen LogP) is 1.74. The highest BCUT2D eigenvalue weighted by Crippen LogP contribution is 2.24. The van der Waals surface area contributed by atoms with E-state index >= 15 is 0 Å². The van der Waals surface area contributed by atoms with Gasteiger partial charge in [-0.25, -0.2) is 13.1 Å². The maximum Gasteiger partial charge on any atom is 0.233 e. The first-order valence-corrected chi connectivity index (χ1v) is 11.9. The molecule has 1 atom stereocenters. The second kappa shape index (κ2) is 8.20. The molecule has 0 radical (unpaired) electrons. The molecule has 10 heteroatoms. The quantitative estimate of drug-likeness (QED) is 0.653. The zero-order valence-corrected chi connectivity index (χ0v) is 17.9. The van der Waals surface area contributed by atoms with E-state index in [9.17, 15) is 13.2 Å². The van der Waals surface area contributed by atoms with Crippen molar-refractivity contribution < 1.29 is 13.2 Å². The maximum atomic E-state index is 13.0. The Labute approximate surface area is 169 Å². The predicted molar refractivity (Wildman–Crippen MR) is 108 cm³/mol. The number of sulfone groups is 1. The van der Waals surface area contributed by atoms with Crippen molar-refractivity contribution in [2.75, 3.05) is 17.3 Å². The summed E-state index contributed by atoms with van der Waals surface area (Å²) >= 11 is 1.27. The molecule has 3 rings (SSSR count). The molecule has 1 fully saturated rings. The fourth-order valence-corrected chi connectivity index (χ4v) is 5.80. The highest BCUT2D eigenvalue weighted by atomic mass is 32.2. The van der Waals surface area contributed by atoms with E-state index in [4.69, 9.17) is 0 Å². The van der Waals surface area contributed by atoms with Crippen LogP contribution in [0.3, 0.4) is 0 Å². The average molecular weight is 424 g/mol. The Bertz CT molecular complexity index is 922. The molecular weight excluding hydrogens is 398 g/mol. The Hall–Kier alpha value is -1.94. The zero-order valence-electron chi connectivity index (χ0n) is 16.3. The molecule has 1 amide bonds. The molecule has 0 N–H and O–H groups in total. The number of amides is 1. The first-order chi connectivity index (χ1) is 13.2. The summed E-state index contributed by atoms with van der Waals surface area (Å²) in [5, 5.41) is 12.3. The molecule has 0 spiro atoms. The topological polar surface area (TPSA) is 98.1 Å². The molecule has 2 aromatic rings. The van der Waals surface area contributed by atoms with Gasteiger partial charge in [-0.3, -0.25) is 4.79 Å². The number of carbonyl (C=O) groups excluding carboxylic acids is 1. The second-order valence-corrected chi connectivity index (χ2v) is 11.1. The van der Waals surface area contributed by atoms with E-state index in [0.29, 0.717) is 18.1 Å². The SMILES string of the molecule is CC(C)(C)n1nnnc1SCC(=O)N(Cc1ccccc1)[C@@H]1CCS(=O)(=O)C1. The first-order valence-electron chi connectivity index (χ1n) is 9.11. The van der Waals surface area contributed by atoms with Crippen molar-refractivity contribution in [1.82, 2.24) is 25.1 Å². The van der Waals surface area contributed by atoms with Crippen LogP contribution < -0.4 is 0 Å². The molecule has 152 valence electrons. The van der Waals surface area contributed by atoms with Gasteiger partial charge < -0.3 is 4.90 Å². The minimum absolute atomic E-state index is 0.0238. The van der Waals surface area contributed by atoms with Crippen LogP contribution in [-0.2, 0) is 26.7 Å². The van der Waals surface area contributed by atoms with Crippen LogP contribution in [0.25, 0.3) is 0 Å². The molecule has 1 aliphatic rings. The van der Waals surface area contributed by atoms with E-state index in [1.807, 2.05) is 51.1 Å². The number of hydrogen-bond acceptors (Lipinski definition) is 7. The van der Waals surface area contributed by atoms with Gasteiger partial charge in [-0.1, -0.05) is 42.1 Å². The van der Waals surface area contributed by atoms with Crippen LogP contribution in [0.1, 0.15) is 32.8 Å². The smallest absolute Gasteiger partial charge is 0.233 e. The summed E-state index contributed by atoms with van der Waals surface area (Å²) in [5.74, 6) is 0.195. The van der Waals surface area contributed by atoms with Crippen molar-refractivity contribution in [2.45, 2.75) is 50.5 Å². The van der Waals surface area contributed by atoms with Crippen LogP contribution in [0.5, 0.6) is 0 Å². The molecule has 28 heavy (non-hydrogen) atoms. The molecular formula is C18H25N5O3S2. The summed E-state index contributed by atoms with van der Waals surface area (Å²) in [6.07, 6.45) is 0.477. The van der Waals surface area contributed by atoms with E-state index in [1.165, 1.54) is 11.8 Å². The average Bonchev–Trinajstić information content (AvgIpc) is 3.24. The normalized spacial score (nSPS) is 18.9. The van der Waals surface area contributed by atoms with Crippen molar-refractivity contribution >= 4 is 27.5 Å². The van der Waals surface area contributed by atoms with Crippen molar-refractivity contribution in [2.24, 2.45) is 0 Å². The van der Waals surface area contributed by atoms with Crippen molar-refractivity contribution in [3.8, 4) is 0 Å². The Morgan fingerprint density at radius 2 is 2.00 bits per heavy atom. The number of hydrogen-bond donors (Lipinski definition) is 0. The summed E-state index contributed by atoms with van der Waals surface area (Å²) < 4.78 is 25.6. The van der Waals surface area contributed by atoms with Crippen molar-refractivity contribution in [3.63, 3.8) is 0 Å². The van der Waals surface area contributed by atoms with Gasteiger partial charge in [-0.05, 0) is 43.2 Å². The molecule has 0 aliphatic carbocycles. The molecule has 1 aromatic carbocycles. The zero-order chi connectivity index (χ0) is 20.4. The summed E-state index contributed by atoms with van der Waals surface area (Å²) in [5.41, 5.74) is 0.683. The van der Waals surface area contributed by atoms with Gasteiger partial charge in [-0.2, -0.15) is 0 Å². The molecule has 0 unspecified atom stereocenters. The molecule has 2 heterocycles. The number of thioether (sulfide) groups is 1. The van der Waals surface area contributed by atoms with Gasteiger partial charge in [0.25, 0.3) is 0 Å². The molecule has 1 aliphatic heterocycles. The number of nitrogens with zero attached hydrogens (tertiary/aromatic N) is 5. The fourth-order valence-electron chi connectivity index (χ4n) is 3.12. The number of tetrazole rings is 1. The second-order valence-electron chi connectivity index (χ2n) is 7.90. The van der Waals surface area contributed by atoms with Crippen LogP contribution >= 0.6 is 11.8 Å². The summed E-state index contributed by atoms with van der Waals surface area (Å²) in [6, 6.07) is 9.33. The summed E-state index contributed by atoms with van der Waals surface area (Å²) in [7, 11) is -3.09. The van der Waals surface area contributed by atoms with Crippen molar-refractivity contribution in [3.05, 3.63) is 35.9 Å². The van der Waals surface area contributed by atoms with Gasteiger partial charge in [0.05, 0.1) is 22.8 Å². The highest BCUT2D eigenvalue weighted by Gasteiger charge is 2.35. The fraction of sp³-hybridized carbons (Fsp3) is 0.556. The van der Waals surface area contributed by atoms with Gasteiger partial charge in [-0.15, -0.1) is 5.10 Å². The summed E-state index contributed by atoms with van der Waals surface area (Å²) in [4.78, 5) is 14.7. The Morgan fingerprint density at radius 3 is 2.61 bits per heavy atom. The number of carbonyl (C=O) groups is 1. The van der Waals surface area contributed by atoms with E-state index in [2.05, 4.69) is 15.5 Å². The number of aromatic nitrogens is 4. The molecule has 0 bridgehead atoms. The number of rotatable bonds is 6. The number of benzene rings is 1. The lowest BCUT2D eigenvalue weighted by molar-refractivity contribution is -0.130. The third kappa shape index (κ3) is 5.11. The molecule has 1 aromatic heterocycles. The standard InChI is InChI=1S/C18H25N5O3S2/c1-18(2,3)23-17(19-20-21-23)27-12-16(24)22(11-14-7-5-4-6-8-14)15-9-10-28(25,26)13-15/h4-8,15H,9-13H2,1-3H3/t15-/m1/s1. The van der Waals surface area contributed by atoms with Gasteiger partial charge in [0, 0.05) is 12.6 Å². The highest BCUT2D eigenvalue weighted by molar-refractivity contribution is 7.99. The van der Waals surface area contributed by atoms with Gasteiger partial charge in [0.15, 0.2) is 9.84 Å². The third-order valence-corrected chi connectivity index (χ3v) is 7.22. The maximum absolute atomic E-state index is 13.0. The Morgan fingerprint density at radius 1 is 1.29 bits per heavy atom. The van der Waals surface area contributed by atoms with Crippen LogP contribution in [0.4, 0.5) is 0 Å². The van der Waals surface area contributed by atoms with Gasteiger partial charge >= 0.3 is 0 Å². The lowest BCUT2D eigenvalue weighted by Gasteiger charge is -2.28. The molecule has 8 nitrogen and oxygen atoms in total. The van der Waals surface area contributed by atoms with Crippen LogP contribution in [0.2, 0.25) is 0 Å². The van der Waals surface area contributed by atoms with E-state index < -0.39 is 9.84 Å². The third-order valence-electron chi connectivity index (χ3n) is 4.57. The van der Waals surface area contributed by atoms with Gasteiger partial charge in [0.2, 0.25) is 11.1 Å². The van der Waals surface area contributed by atoms with E-state index in [1.54, 1.807) is 9.58 Å². The van der Waals surface area contributed by atoms with E-state index in [0.717, 1.165) is 5.56 Å². The minimum Gasteiger partial charge on any atom is -0.334 e. The van der Waals surface area contributed by atoms with Crippen molar-refractivity contribution in [1.29, 1.82) is 0 Å². The van der Waals surface area contributed by atoms with Crippen LogP contribution in [0.15, 0.2) is 35.5 Å². The molecule has 1 saturated heterocycles. The van der Waals surface area contributed by atoms with Crippen LogP contribution in [-0.4, -0.2) is 62.7 Å². The Balaban J connectivity index is 1.74. The largest absolute Gasteiger partial charge is 0.334 e. The first kappa shape index (κ1) is 20.8. The minimum atomic E-state index is -3.09. The monoisotopic (exact) mass is 423 g/mol. The molecule has 0 saturated carbocycles. The lowest BCUT2D eigenvalue weighted by Crippen LogP contribution is -2.41.